The van der Waals surface area contributed by atoms with Crippen molar-refractivity contribution in [3.05, 3.63) is 0 Å². The first-order chi connectivity index (χ1) is 6.59. The molecule has 1 saturated heterocycles. The minimum Gasteiger partial charge on any atom is -0.392 e. The van der Waals surface area contributed by atoms with Crippen LogP contribution in [0, 0.1) is 5.92 Å². The number of hydrogen-bond donors (Lipinski definition) is 1. The van der Waals surface area contributed by atoms with Crippen LogP contribution in [-0.2, 0) is 4.79 Å². The Morgan fingerprint density at radius 3 is 2.71 bits per heavy atom. The Kier molecular flexibility index (Phi) is 2.49. The highest BCUT2D eigenvalue weighted by atomic mass is 16.3. The molecule has 0 aromatic carbocycles. The van der Waals surface area contributed by atoms with Gasteiger partial charge in [-0.2, -0.15) is 0 Å². The summed E-state index contributed by atoms with van der Waals surface area (Å²) in [5.74, 6) is 0.869. The Balaban J connectivity index is 1.99. The Labute approximate surface area is 84.5 Å². The van der Waals surface area contributed by atoms with Crippen LogP contribution in [0.3, 0.4) is 0 Å². The zero-order valence-corrected chi connectivity index (χ0v) is 8.81. The molecule has 2 atom stereocenters. The maximum atomic E-state index is 11.6. The molecule has 1 saturated carbocycles. The third-order valence-electron chi connectivity index (χ3n) is 3.14. The topological polar surface area (TPSA) is 43.8 Å². The average molecular weight is 198 g/mol. The normalized spacial score (nSPS) is 31.2. The number of nitrogens with zero attached hydrogens (tertiary/aromatic N) is 2. The number of carbonyl (C=O) groups excluding carboxylic acids is 1. The molecule has 2 rings (SSSR count). The smallest absolute Gasteiger partial charge is 0.238 e. The molecule has 0 aromatic rings. The van der Waals surface area contributed by atoms with E-state index in [0.29, 0.717) is 24.9 Å². The molecule has 1 N–H and O–H groups in total. The molecule has 80 valence electrons. The van der Waals surface area contributed by atoms with Gasteiger partial charge in [-0.15, -0.1) is 0 Å². The van der Waals surface area contributed by atoms with E-state index in [2.05, 4.69) is 0 Å². The predicted octanol–water partition coefficient (Wildman–Crippen LogP) is 0.225. The summed E-state index contributed by atoms with van der Waals surface area (Å²) < 4.78 is 0. The van der Waals surface area contributed by atoms with Crippen molar-refractivity contribution in [2.75, 3.05) is 13.6 Å². The highest BCUT2D eigenvalue weighted by Crippen LogP contribution is 2.39. The van der Waals surface area contributed by atoms with Crippen LogP contribution in [0.15, 0.2) is 0 Å². The number of carbonyl (C=O) groups is 1. The van der Waals surface area contributed by atoms with E-state index in [0.717, 1.165) is 0 Å². The molecule has 2 aliphatic rings. The van der Waals surface area contributed by atoms with E-state index in [4.69, 9.17) is 0 Å². The molecule has 2 fully saturated rings. The van der Waals surface area contributed by atoms with Gasteiger partial charge in [0.15, 0.2) is 0 Å². The molecule has 0 radical (unpaired) electrons. The lowest BCUT2D eigenvalue weighted by molar-refractivity contribution is -0.139. The third-order valence-corrected chi connectivity index (χ3v) is 3.14. The molecule has 14 heavy (non-hydrogen) atoms. The fourth-order valence-corrected chi connectivity index (χ4v) is 2.21. The van der Waals surface area contributed by atoms with Crippen LogP contribution in [0.1, 0.15) is 26.2 Å². The first kappa shape index (κ1) is 9.93. The molecule has 4 nitrogen and oxygen atoms in total. The second-order valence-electron chi connectivity index (χ2n) is 4.51. The Hall–Kier alpha value is -0.610. The van der Waals surface area contributed by atoms with E-state index in [9.17, 15) is 9.90 Å². The summed E-state index contributed by atoms with van der Waals surface area (Å²) in [7, 11) is 1.95. The van der Waals surface area contributed by atoms with Crippen molar-refractivity contribution >= 4 is 5.91 Å². The minimum atomic E-state index is -0.445. The van der Waals surface area contributed by atoms with Crippen LogP contribution >= 0.6 is 0 Å². The Morgan fingerprint density at radius 2 is 2.21 bits per heavy atom. The first-order valence-corrected chi connectivity index (χ1v) is 5.30. The quantitative estimate of drug-likeness (QED) is 0.705. The lowest BCUT2D eigenvalue weighted by Gasteiger charge is -2.29. The summed E-state index contributed by atoms with van der Waals surface area (Å²) in [5.41, 5.74) is 0. The summed E-state index contributed by atoms with van der Waals surface area (Å²) in [5, 5.41) is 13.0. The van der Waals surface area contributed by atoms with Crippen molar-refractivity contribution < 1.29 is 9.90 Å². The minimum absolute atomic E-state index is 0.158. The van der Waals surface area contributed by atoms with Crippen LogP contribution in [0.2, 0.25) is 0 Å². The van der Waals surface area contributed by atoms with Gasteiger partial charge < -0.3 is 5.11 Å². The van der Waals surface area contributed by atoms with Crippen LogP contribution in [-0.4, -0.2) is 46.8 Å². The van der Waals surface area contributed by atoms with E-state index in [1.54, 1.807) is 11.9 Å². The highest BCUT2D eigenvalue weighted by molar-refractivity contribution is 5.78. The summed E-state index contributed by atoms with van der Waals surface area (Å²) in [6, 6.07) is 0.390. The molecule has 0 aromatic heterocycles. The van der Waals surface area contributed by atoms with E-state index >= 15 is 0 Å². The van der Waals surface area contributed by atoms with Crippen molar-refractivity contribution in [2.24, 2.45) is 5.92 Å². The fourth-order valence-electron chi connectivity index (χ4n) is 2.21. The Morgan fingerprint density at radius 1 is 1.57 bits per heavy atom. The van der Waals surface area contributed by atoms with Gasteiger partial charge in [-0.25, -0.2) is 5.01 Å². The van der Waals surface area contributed by atoms with Crippen LogP contribution < -0.4 is 0 Å². The number of aliphatic hydroxyl groups excluding tert-OH is 1. The third kappa shape index (κ3) is 1.77. The fraction of sp³-hybridized carbons (Fsp3) is 0.900. The van der Waals surface area contributed by atoms with Crippen molar-refractivity contribution in [1.29, 1.82) is 0 Å². The van der Waals surface area contributed by atoms with E-state index in [-0.39, 0.29) is 5.91 Å². The van der Waals surface area contributed by atoms with E-state index in [1.165, 1.54) is 12.8 Å². The highest BCUT2D eigenvalue weighted by Gasteiger charge is 2.43. The number of hydrazine groups is 1. The van der Waals surface area contributed by atoms with E-state index < -0.39 is 6.10 Å². The molecule has 1 aliphatic heterocycles. The average Bonchev–Trinajstić information content (AvgIpc) is 2.88. The van der Waals surface area contributed by atoms with Gasteiger partial charge in [-0.1, -0.05) is 0 Å². The number of amides is 1. The summed E-state index contributed by atoms with van der Waals surface area (Å²) in [6.07, 6.45) is 2.70. The Bertz CT molecular complexity index is 238. The first-order valence-electron chi connectivity index (χ1n) is 5.30. The maximum Gasteiger partial charge on any atom is 0.238 e. The lowest BCUT2D eigenvalue weighted by atomic mass is 10.1. The molecule has 0 bridgehead atoms. The van der Waals surface area contributed by atoms with Crippen molar-refractivity contribution in [1.82, 2.24) is 10.0 Å². The SMILES string of the molecule is CC(O)CN1C(=O)CC(C2CC2)N1C. The molecule has 4 heteroatoms. The van der Waals surface area contributed by atoms with Crippen molar-refractivity contribution in [2.45, 2.75) is 38.3 Å². The van der Waals surface area contributed by atoms with Crippen LogP contribution in [0.25, 0.3) is 0 Å². The largest absolute Gasteiger partial charge is 0.392 e. The second kappa shape index (κ2) is 3.51. The van der Waals surface area contributed by atoms with Crippen molar-refractivity contribution in [3.63, 3.8) is 0 Å². The van der Waals surface area contributed by atoms with Crippen molar-refractivity contribution in [3.8, 4) is 0 Å². The molecule has 1 amide bonds. The summed E-state index contributed by atoms with van der Waals surface area (Å²) in [4.78, 5) is 11.6. The molecule has 1 aliphatic carbocycles. The zero-order chi connectivity index (χ0) is 10.3. The second-order valence-corrected chi connectivity index (χ2v) is 4.51. The van der Waals surface area contributed by atoms with Gasteiger partial charge >= 0.3 is 0 Å². The van der Waals surface area contributed by atoms with Crippen LogP contribution in [0.4, 0.5) is 0 Å². The molecular weight excluding hydrogens is 180 g/mol. The summed E-state index contributed by atoms with van der Waals surface area (Å²) in [6.45, 7) is 2.14. The zero-order valence-electron chi connectivity index (χ0n) is 8.81. The van der Waals surface area contributed by atoms with Gasteiger partial charge in [0.05, 0.1) is 12.6 Å². The standard InChI is InChI=1S/C10H18N2O2/c1-7(13)6-12-10(14)5-9(11(12)2)8-3-4-8/h7-9,13H,3-6H2,1-2H3. The predicted molar refractivity (Wildman–Crippen MR) is 52.3 cm³/mol. The van der Waals surface area contributed by atoms with Gasteiger partial charge in [-0.05, 0) is 25.7 Å². The van der Waals surface area contributed by atoms with Crippen LogP contribution in [0.5, 0.6) is 0 Å². The maximum absolute atomic E-state index is 11.6. The van der Waals surface area contributed by atoms with Gasteiger partial charge in [0.2, 0.25) is 5.91 Å². The van der Waals surface area contributed by atoms with Gasteiger partial charge in [-0.3, -0.25) is 9.80 Å². The van der Waals surface area contributed by atoms with Gasteiger partial charge in [0.1, 0.15) is 0 Å². The number of rotatable bonds is 3. The molecular formula is C10H18N2O2. The molecule has 2 unspecified atom stereocenters. The van der Waals surface area contributed by atoms with E-state index in [1.807, 2.05) is 12.1 Å². The lowest BCUT2D eigenvalue weighted by Crippen LogP contribution is -2.43. The molecule has 1 heterocycles. The van der Waals surface area contributed by atoms with Gasteiger partial charge in [0.25, 0.3) is 0 Å². The number of hydrogen-bond acceptors (Lipinski definition) is 3. The summed E-state index contributed by atoms with van der Waals surface area (Å²) >= 11 is 0. The monoisotopic (exact) mass is 198 g/mol. The van der Waals surface area contributed by atoms with Gasteiger partial charge in [0, 0.05) is 19.5 Å². The number of β-amino-alcohol motifs (C(OH)–C–C–N with tert-alkyl or cyclic N) is 1. The number of aliphatic hydroxyl groups is 1. The molecule has 0 spiro atoms.